The van der Waals surface area contributed by atoms with E-state index in [9.17, 15) is 22.9 Å². The summed E-state index contributed by atoms with van der Waals surface area (Å²) >= 11 is 0. The van der Waals surface area contributed by atoms with E-state index in [1.165, 1.54) is 38.2 Å². The second kappa shape index (κ2) is 29.8. The highest BCUT2D eigenvalue weighted by Crippen LogP contribution is 2.09. The molecule has 2 atom stereocenters. The molecule has 246 valence electrons. The summed E-state index contributed by atoms with van der Waals surface area (Å²) in [6.45, 7) is 4.35. The fourth-order valence-corrected chi connectivity index (χ4v) is 5.13. The van der Waals surface area contributed by atoms with E-state index in [2.05, 4.69) is 79.9 Å². The molecule has 6 nitrogen and oxygen atoms in total. The van der Waals surface area contributed by atoms with Gasteiger partial charge in [0.15, 0.2) is 0 Å². The SMILES string of the molecule is CC/C=C\C/C=C\C/C=C\C/C=C\CCCCCCC(=O)NC(CS(=O)(=O)O)C(O)/C=C/CC/C=C/CCCCCCC. The Bertz CT molecular complexity index is 947. The van der Waals surface area contributed by atoms with Crippen LogP contribution in [0.2, 0.25) is 0 Å². The number of carbonyl (C=O) groups is 1. The molecule has 7 heteroatoms. The Morgan fingerprint density at radius 2 is 1.14 bits per heavy atom. The minimum absolute atomic E-state index is 0.256. The molecule has 3 N–H and O–H groups in total. The Balaban J connectivity index is 4.15. The van der Waals surface area contributed by atoms with Gasteiger partial charge in [-0.15, -0.1) is 0 Å². The highest BCUT2D eigenvalue weighted by Gasteiger charge is 2.24. The highest BCUT2D eigenvalue weighted by molar-refractivity contribution is 7.85. The van der Waals surface area contributed by atoms with E-state index in [1.54, 1.807) is 6.08 Å². The monoisotopic (exact) mass is 619 g/mol. The molecule has 1 amide bonds. The van der Waals surface area contributed by atoms with Crippen LogP contribution in [0, 0.1) is 0 Å². The summed E-state index contributed by atoms with van der Waals surface area (Å²) in [5, 5.41) is 13.1. The van der Waals surface area contributed by atoms with Crippen LogP contribution in [0.1, 0.15) is 129 Å². The number of amides is 1. The van der Waals surface area contributed by atoms with Gasteiger partial charge in [-0.3, -0.25) is 9.35 Å². The van der Waals surface area contributed by atoms with Crippen LogP contribution in [0.25, 0.3) is 0 Å². The molecule has 0 rings (SSSR count). The summed E-state index contributed by atoms with van der Waals surface area (Å²) in [6.07, 6.45) is 41.7. The molecular formula is C36H61NO5S. The lowest BCUT2D eigenvalue weighted by molar-refractivity contribution is -0.122. The van der Waals surface area contributed by atoms with Gasteiger partial charge < -0.3 is 10.4 Å². The fourth-order valence-electron chi connectivity index (χ4n) is 4.39. The van der Waals surface area contributed by atoms with Crippen molar-refractivity contribution in [3.05, 3.63) is 72.9 Å². The highest BCUT2D eigenvalue weighted by atomic mass is 32.2. The number of unbranched alkanes of at least 4 members (excludes halogenated alkanes) is 10. The van der Waals surface area contributed by atoms with Crippen molar-refractivity contribution in [3.63, 3.8) is 0 Å². The minimum Gasteiger partial charge on any atom is -0.387 e. The molecule has 0 saturated heterocycles. The normalized spacial score (nSPS) is 14.4. The summed E-state index contributed by atoms with van der Waals surface area (Å²) in [4.78, 5) is 12.4. The van der Waals surface area contributed by atoms with Gasteiger partial charge in [0.2, 0.25) is 5.91 Å². The fraction of sp³-hybridized carbons (Fsp3) is 0.639. The summed E-state index contributed by atoms with van der Waals surface area (Å²) < 4.78 is 32.2. The average molecular weight is 620 g/mol. The van der Waals surface area contributed by atoms with Crippen molar-refractivity contribution in [2.45, 2.75) is 142 Å². The summed E-state index contributed by atoms with van der Waals surface area (Å²) in [5.41, 5.74) is 0. The van der Waals surface area contributed by atoms with Crippen LogP contribution in [0.3, 0.4) is 0 Å². The van der Waals surface area contributed by atoms with Crippen LogP contribution in [0.15, 0.2) is 72.9 Å². The smallest absolute Gasteiger partial charge is 0.267 e. The summed E-state index contributed by atoms with van der Waals surface area (Å²) in [5.74, 6) is -1.04. The number of nitrogens with one attached hydrogen (secondary N) is 1. The Morgan fingerprint density at radius 3 is 1.72 bits per heavy atom. The first kappa shape index (κ1) is 40.8. The van der Waals surface area contributed by atoms with Crippen LogP contribution in [0.5, 0.6) is 0 Å². The molecule has 0 spiro atoms. The molecule has 0 aromatic heterocycles. The first-order chi connectivity index (χ1) is 20.8. The molecule has 0 aliphatic carbocycles. The molecule has 0 fully saturated rings. The Kier molecular flexibility index (Phi) is 28.3. The second-order valence-corrected chi connectivity index (χ2v) is 12.5. The predicted molar refractivity (Wildman–Crippen MR) is 184 cm³/mol. The Labute approximate surface area is 264 Å². The van der Waals surface area contributed by atoms with Crippen molar-refractivity contribution in [1.29, 1.82) is 0 Å². The summed E-state index contributed by atoms with van der Waals surface area (Å²) in [7, 11) is -4.36. The van der Waals surface area contributed by atoms with Crippen LogP contribution in [0.4, 0.5) is 0 Å². The number of hydrogen-bond acceptors (Lipinski definition) is 4. The van der Waals surface area contributed by atoms with Gasteiger partial charge in [-0.05, 0) is 70.6 Å². The number of aliphatic hydroxyl groups is 1. The van der Waals surface area contributed by atoms with Crippen LogP contribution < -0.4 is 5.32 Å². The molecule has 2 unspecified atom stereocenters. The van der Waals surface area contributed by atoms with E-state index in [-0.39, 0.29) is 12.3 Å². The number of aliphatic hydroxyl groups excluding tert-OH is 1. The zero-order valence-corrected chi connectivity index (χ0v) is 27.9. The average Bonchev–Trinajstić information content (AvgIpc) is 2.96. The van der Waals surface area contributed by atoms with Crippen molar-refractivity contribution in [1.82, 2.24) is 5.32 Å². The molecule has 0 radical (unpaired) electrons. The first-order valence-corrected chi connectivity index (χ1v) is 18.2. The predicted octanol–water partition coefficient (Wildman–Crippen LogP) is 9.12. The van der Waals surface area contributed by atoms with Gasteiger partial charge >= 0.3 is 0 Å². The zero-order chi connectivity index (χ0) is 31.9. The van der Waals surface area contributed by atoms with Gasteiger partial charge in [-0.1, -0.05) is 125 Å². The van der Waals surface area contributed by atoms with Gasteiger partial charge in [0.05, 0.1) is 17.9 Å². The number of carbonyl (C=O) groups excluding carboxylic acids is 1. The van der Waals surface area contributed by atoms with Crippen molar-refractivity contribution in [3.8, 4) is 0 Å². The lowest BCUT2D eigenvalue weighted by Crippen LogP contribution is -2.46. The molecular weight excluding hydrogens is 558 g/mol. The van der Waals surface area contributed by atoms with E-state index in [4.69, 9.17) is 0 Å². The lowest BCUT2D eigenvalue weighted by atomic mass is 10.1. The Morgan fingerprint density at radius 1 is 0.651 bits per heavy atom. The van der Waals surface area contributed by atoms with Crippen molar-refractivity contribution in [2.24, 2.45) is 0 Å². The number of hydrogen-bond donors (Lipinski definition) is 3. The third-order valence-corrected chi connectivity index (χ3v) is 7.65. The molecule has 0 heterocycles. The summed E-state index contributed by atoms with van der Waals surface area (Å²) in [6, 6.07) is -1.09. The van der Waals surface area contributed by atoms with Crippen molar-refractivity contribution >= 4 is 16.0 Å². The molecule has 0 bridgehead atoms. The third-order valence-electron chi connectivity index (χ3n) is 6.87. The number of allylic oxidation sites excluding steroid dienone is 11. The van der Waals surface area contributed by atoms with E-state index in [0.717, 1.165) is 64.2 Å². The van der Waals surface area contributed by atoms with E-state index >= 15 is 0 Å². The largest absolute Gasteiger partial charge is 0.387 e. The number of rotatable bonds is 28. The third kappa shape index (κ3) is 31.0. The van der Waals surface area contributed by atoms with Gasteiger partial charge in [-0.2, -0.15) is 8.42 Å². The van der Waals surface area contributed by atoms with E-state index < -0.39 is 28.0 Å². The Hall–Kier alpha value is -2.22. The van der Waals surface area contributed by atoms with Gasteiger partial charge in [0.1, 0.15) is 0 Å². The second-order valence-electron chi connectivity index (χ2n) is 11.0. The van der Waals surface area contributed by atoms with Crippen LogP contribution in [-0.4, -0.2) is 41.9 Å². The van der Waals surface area contributed by atoms with Crippen LogP contribution in [-0.2, 0) is 14.9 Å². The molecule has 0 aliphatic heterocycles. The van der Waals surface area contributed by atoms with E-state index in [0.29, 0.717) is 12.8 Å². The maximum atomic E-state index is 12.4. The quantitative estimate of drug-likeness (QED) is 0.0460. The molecule has 0 aromatic carbocycles. The maximum Gasteiger partial charge on any atom is 0.267 e. The zero-order valence-electron chi connectivity index (χ0n) is 27.0. The molecule has 43 heavy (non-hydrogen) atoms. The van der Waals surface area contributed by atoms with Crippen molar-refractivity contribution < 1.29 is 22.9 Å². The van der Waals surface area contributed by atoms with Gasteiger partial charge in [-0.25, -0.2) is 0 Å². The maximum absolute atomic E-state index is 12.4. The topological polar surface area (TPSA) is 104 Å². The van der Waals surface area contributed by atoms with Crippen molar-refractivity contribution in [2.75, 3.05) is 5.75 Å². The standard InChI is InChI=1S/C36H61NO5S/c1-3-5-7-9-11-13-15-16-17-18-19-20-22-24-26-28-30-32-36(39)37-34(33-43(40,41)42)35(38)31-29-27-25-23-21-14-12-10-8-6-4-2/h5,7,11,13,16-17,19-21,23,29,31,34-35,38H,3-4,6,8-10,12,14-15,18,22,24-28,30,32-33H2,1-2H3,(H,37,39)(H,40,41,42)/b7-5-,13-11-,17-16-,20-19-,23-21+,31-29+. The van der Waals surface area contributed by atoms with E-state index in [1.807, 2.05) is 0 Å². The van der Waals surface area contributed by atoms with Gasteiger partial charge in [0.25, 0.3) is 10.1 Å². The molecule has 0 saturated carbocycles. The van der Waals surface area contributed by atoms with Crippen LogP contribution >= 0.6 is 0 Å². The lowest BCUT2D eigenvalue weighted by Gasteiger charge is -2.21. The molecule has 0 aliphatic rings. The van der Waals surface area contributed by atoms with Gasteiger partial charge in [0, 0.05) is 6.42 Å². The molecule has 0 aromatic rings. The first-order valence-electron chi connectivity index (χ1n) is 16.6. The minimum atomic E-state index is -4.36.